The second kappa shape index (κ2) is 7.29. The van der Waals surface area contributed by atoms with Crippen LogP contribution in [-0.4, -0.2) is 18.6 Å². The average molecular weight is 326 g/mol. The van der Waals surface area contributed by atoms with Crippen molar-refractivity contribution in [1.82, 2.24) is 4.98 Å². The number of halogens is 4. The van der Waals surface area contributed by atoms with E-state index in [9.17, 15) is 12.9 Å². The van der Waals surface area contributed by atoms with E-state index in [1.807, 2.05) is 0 Å². The molecule has 2 nitrogen and oxygen atoms in total. The molecule has 0 fully saturated rings. The quantitative estimate of drug-likeness (QED) is 0.789. The minimum atomic E-state index is -5.09. The van der Waals surface area contributed by atoms with E-state index in [1.54, 1.807) is 18.2 Å². The molecular formula is C12H9BClF3KNO. The van der Waals surface area contributed by atoms with Crippen LogP contribution in [0.25, 0.3) is 10.9 Å². The van der Waals surface area contributed by atoms with Crippen molar-refractivity contribution in [2.45, 2.75) is 0 Å². The number of pyridine rings is 1. The van der Waals surface area contributed by atoms with E-state index >= 15 is 0 Å². The van der Waals surface area contributed by atoms with Crippen molar-refractivity contribution in [1.29, 1.82) is 0 Å². The molecular weight excluding hydrogens is 316 g/mol. The maximum absolute atomic E-state index is 12.4. The Morgan fingerprint density at radius 2 is 2.00 bits per heavy atom. The van der Waals surface area contributed by atoms with Gasteiger partial charge in [-0.3, -0.25) is 4.98 Å². The molecule has 2 rings (SSSR count). The number of benzene rings is 1. The van der Waals surface area contributed by atoms with Crippen molar-refractivity contribution in [2.75, 3.05) is 6.61 Å². The SMILES string of the molecule is C=C(COc1ccc(Cl)c2cccnc12)[B-](F)(F)F.[K+]. The van der Waals surface area contributed by atoms with Gasteiger partial charge in [0.15, 0.2) is 0 Å². The molecule has 2 aromatic rings. The monoisotopic (exact) mass is 325 g/mol. The van der Waals surface area contributed by atoms with Crippen LogP contribution in [0, 0.1) is 0 Å². The third-order valence-electron chi connectivity index (χ3n) is 2.56. The summed E-state index contributed by atoms with van der Waals surface area (Å²) >= 11 is 5.97. The summed E-state index contributed by atoms with van der Waals surface area (Å²) in [6.07, 6.45) is 1.52. The largest absolute Gasteiger partial charge is 1.00 e. The van der Waals surface area contributed by atoms with Crippen LogP contribution in [-0.2, 0) is 0 Å². The summed E-state index contributed by atoms with van der Waals surface area (Å²) in [6, 6.07) is 6.46. The number of hydrogen-bond donors (Lipinski definition) is 0. The number of hydrogen-bond acceptors (Lipinski definition) is 2. The smallest absolute Gasteiger partial charge is 0.490 e. The van der Waals surface area contributed by atoms with Crippen molar-refractivity contribution in [3.63, 3.8) is 0 Å². The molecule has 0 N–H and O–H groups in total. The second-order valence-electron chi connectivity index (χ2n) is 3.97. The zero-order chi connectivity index (χ0) is 14.0. The predicted molar refractivity (Wildman–Crippen MR) is 70.5 cm³/mol. The summed E-state index contributed by atoms with van der Waals surface area (Å²) in [4.78, 5) is 4.07. The Labute approximate surface area is 161 Å². The van der Waals surface area contributed by atoms with E-state index < -0.39 is 19.1 Å². The molecule has 1 heterocycles. The molecule has 0 spiro atoms. The first-order chi connectivity index (χ1) is 8.89. The van der Waals surface area contributed by atoms with E-state index in [0.29, 0.717) is 15.9 Å². The van der Waals surface area contributed by atoms with Gasteiger partial charge in [0.25, 0.3) is 0 Å². The van der Waals surface area contributed by atoms with Gasteiger partial charge in [-0.25, -0.2) is 0 Å². The normalized spacial score (nSPS) is 11.0. The molecule has 8 heteroatoms. The van der Waals surface area contributed by atoms with Gasteiger partial charge in [-0.15, -0.1) is 12.1 Å². The van der Waals surface area contributed by atoms with Crippen LogP contribution in [0.2, 0.25) is 5.02 Å². The number of ether oxygens (including phenoxy) is 1. The molecule has 0 aliphatic heterocycles. The topological polar surface area (TPSA) is 22.1 Å². The Bertz CT molecular complexity index is 636. The van der Waals surface area contributed by atoms with Crippen LogP contribution >= 0.6 is 11.6 Å². The molecule has 20 heavy (non-hydrogen) atoms. The molecule has 100 valence electrons. The number of aromatic nitrogens is 1. The van der Waals surface area contributed by atoms with Crippen LogP contribution in [0.4, 0.5) is 12.9 Å². The molecule has 0 bridgehead atoms. The van der Waals surface area contributed by atoms with Gasteiger partial charge >= 0.3 is 58.4 Å². The maximum Gasteiger partial charge on any atom is 1.00 e. The standard InChI is InChI=1S/C12H9BClF3NO.K/c1-8(13(15,16)17)7-19-11-5-4-10(14)9-3-2-6-18-12(9)11;/h2-6H,1,7H2;/q-1;+1. The molecule has 0 amide bonds. The van der Waals surface area contributed by atoms with Gasteiger partial charge in [0.05, 0.1) is 11.6 Å². The fraction of sp³-hybridized carbons (Fsp3) is 0.0833. The summed E-state index contributed by atoms with van der Waals surface area (Å²) in [5.41, 5.74) is -0.462. The van der Waals surface area contributed by atoms with Gasteiger partial charge in [0.1, 0.15) is 11.3 Å². The minimum Gasteiger partial charge on any atom is -0.490 e. The van der Waals surface area contributed by atoms with Gasteiger partial charge in [-0.05, 0) is 24.3 Å². The zero-order valence-electron chi connectivity index (χ0n) is 10.7. The molecule has 1 aromatic carbocycles. The van der Waals surface area contributed by atoms with E-state index in [1.165, 1.54) is 12.3 Å². The van der Waals surface area contributed by atoms with E-state index in [4.69, 9.17) is 16.3 Å². The van der Waals surface area contributed by atoms with Crippen molar-refractivity contribution < 1.29 is 69.1 Å². The Hall–Kier alpha value is -0.0487. The fourth-order valence-corrected chi connectivity index (χ4v) is 1.71. The summed E-state index contributed by atoms with van der Waals surface area (Å²) < 4.78 is 42.3. The number of fused-ring (bicyclic) bond motifs is 1. The van der Waals surface area contributed by atoms with Crippen LogP contribution < -0.4 is 56.1 Å². The molecule has 0 aliphatic rings. The van der Waals surface area contributed by atoms with Crippen LogP contribution in [0.1, 0.15) is 0 Å². The maximum atomic E-state index is 12.4. The Kier molecular flexibility index (Phi) is 6.56. The van der Waals surface area contributed by atoms with Crippen LogP contribution in [0.15, 0.2) is 42.5 Å². The van der Waals surface area contributed by atoms with Crippen LogP contribution in [0.3, 0.4) is 0 Å². The average Bonchev–Trinajstić information content (AvgIpc) is 2.37. The fourth-order valence-electron chi connectivity index (χ4n) is 1.49. The van der Waals surface area contributed by atoms with E-state index in [-0.39, 0.29) is 57.1 Å². The molecule has 0 radical (unpaired) electrons. The van der Waals surface area contributed by atoms with Crippen molar-refractivity contribution in [3.8, 4) is 5.75 Å². The summed E-state index contributed by atoms with van der Waals surface area (Å²) in [6.45, 7) is -2.74. The van der Waals surface area contributed by atoms with Crippen molar-refractivity contribution in [3.05, 3.63) is 47.5 Å². The van der Waals surface area contributed by atoms with Gasteiger partial charge in [-0.2, -0.15) is 0 Å². The Morgan fingerprint density at radius 1 is 1.30 bits per heavy atom. The summed E-state index contributed by atoms with van der Waals surface area (Å²) in [5.74, 6) is 0.251. The third-order valence-corrected chi connectivity index (χ3v) is 2.89. The first-order valence-corrected chi connectivity index (χ1v) is 5.81. The first-order valence-electron chi connectivity index (χ1n) is 5.43. The Balaban J connectivity index is 0.00000200. The Morgan fingerprint density at radius 3 is 2.65 bits per heavy atom. The van der Waals surface area contributed by atoms with Crippen LogP contribution in [0.5, 0.6) is 5.75 Å². The molecule has 0 atom stereocenters. The van der Waals surface area contributed by atoms with E-state index in [2.05, 4.69) is 11.6 Å². The van der Waals surface area contributed by atoms with E-state index in [0.717, 1.165) is 0 Å². The van der Waals surface area contributed by atoms with Gasteiger partial charge in [-0.1, -0.05) is 11.6 Å². The van der Waals surface area contributed by atoms with Gasteiger partial charge in [0.2, 0.25) is 0 Å². The molecule has 0 unspecified atom stereocenters. The van der Waals surface area contributed by atoms with Crippen molar-refractivity contribution >= 4 is 29.5 Å². The third kappa shape index (κ3) is 4.22. The summed E-state index contributed by atoms with van der Waals surface area (Å²) in [7, 11) is 0. The summed E-state index contributed by atoms with van der Waals surface area (Å²) in [5, 5.41) is 1.10. The molecule has 0 saturated heterocycles. The number of rotatable bonds is 4. The van der Waals surface area contributed by atoms with Gasteiger partial charge in [0, 0.05) is 11.6 Å². The minimum absolute atomic E-state index is 0. The van der Waals surface area contributed by atoms with Gasteiger partial charge < -0.3 is 17.7 Å². The first kappa shape index (κ1) is 18.0. The van der Waals surface area contributed by atoms with Crippen molar-refractivity contribution in [2.24, 2.45) is 0 Å². The number of nitrogens with zero attached hydrogens (tertiary/aromatic N) is 1. The molecule has 0 saturated carbocycles. The zero-order valence-corrected chi connectivity index (χ0v) is 14.6. The second-order valence-corrected chi connectivity index (χ2v) is 4.37. The molecule has 0 aliphatic carbocycles. The molecule has 1 aromatic heterocycles. The predicted octanol–water partition coefficient (Wildman–Crippen LogP) is 1.21.